The Labute approximate surface area is 118 Å². The van der Waals surface area contributed by atoms with Crippen molar-refractivity contribution in [1.82, 2.24) is 5.32 Å². The van der Waals surface area contributed by atoms with Crippen molar-refractivity contribution in [1.29, 1.82) is 0 Å². The van der Waals surface area contributed by atoms with Gasteiger partial charge >= 0.3 is 0 Å². The van der Waals surface area contributed by atoms with E-state index in [2.05, 4.69) is 12.2 Å². The molecular weight excluding hydrogens is 260 g/mol. The van der Waals surface area contributed by atoms with Crippen LogP contribution in [-0.4, -0.2) is 19.2 Å². The molecule has 1 atom stereocenters. The van der Waals surface area contributed by atoms with Crippen molar-refractivity contribution < 1.29 is 13.5 Å². The van der Waals surface area contributed by atoms with Crippen molar-refractivity contribution in [3.05, 3.63) is 47.2 Å². The Morgan fingerprint density at radius 2 is 2.15 bits per heavy atom. The molecule has 1 heterocycles. The zero-order valence-electron chi connectivity index (χ0n) is 11.8. The molecule has 0 bridgehead atoms. The molecule has 2 rings (SSSR count). The predicted octanol–water partition coefficient (Wildman–Crippen LogP) is 3.57. The zero-order chi connectivity index (χ0) is 14.4. The molecule has 0 amide bonds. The standard InChI is InChI=1S/C16H21F2NO/c1-2-7-19-16(13-4-3-8-20-11-13)10-12-5-6-14(17)15(18)9-12/h5-6,9,11,16,19H,2-4,7-8,10H2,1H3. The van der Waals surface area contributed by atoms with Crippen molar-refractivity contribution in [3.63, 3.8) is 0 Å². The third-order valence-electron chi connectivity index (χ3n) is 3.47. The Morgan fingerprint density at radius 3 is 2.80 bits per heavy atom. The Morgan fingerprint density at radius 1 is 1.30 bits per heavy atom. The monoisotopic (exact) mass is 281 g/mol. The molecule has 1 aliphatic heterocycles. The molecule has 1 aromatic rings. The van der Waals surface area contributed by atoms with Crippen LogP contribution in [0.3, 0.4) is 0 Å². The van der Waals surface area contributed by atoms with Crippen molar-refractivity contribution >= 4 is 0 Å². The first-order valence-electron chi connectivity index (χ1n) is 7.18. The zero-order valence-corrected chi connectivity index (χ0v) is 11.8. The molecule has 1 aliphatic rings. The summed E-state index contributed by atoms with van der Waals surface area (Å²) < 4.78 is 31.6. The highest BCUT2D eigenvalue weighted by molar-refractivity contribution is 5.22. The van der Waals surface area contributed by atoms with E-state index in [4.69, 9.17) is 4.74 Å². The molecule has 1 unspecified atom stereocenters. The number of rotatable bonds is 6. The smallest absolute Gasteiger partial charge is 0.159 e. The first-order chi connectivity index (χ1) is 9.70. The highest BCUT2D eigenvalue weighted by Gasteiger charge is 2.17. The molecule has 4 heteroatoms. The van der Waals surface area contributed by atoms with E-state index >= 15 is 0 Å². The summed E-state index contributed by atoms with van der Waals surface area (Å²) in [5.41, 5.74) is 2.00. The lowest BCUT2D eigenvalue weighted by molar-refractivity contribution is 0.219. The van der Waals surface area contributed by atoms with E-state index in [1.165, 1.54) is 17.7 Å². The van der Waals surface area contributed by atoms with Gasteiger partial charge in [0.05, 0.1) is 12.9 Å². The van der Waals surface area contributed by atoms with Crippen LogP contribution in [0.5, 0.6) is 0 Å². The molecule has 0 radical (unpaired) electrons. The second kappa shape index (κ2) is 7.39. The fraction of sp³-hybridized carbons (Fsp3) is 0.500. The summed E-state index contributed by atoms with van der Waals surface area (Å²) in [7, 11) is 0. The van der Waals surface area contributed by atoms with Gasteiger partial charge in [-0.3, -0.25) is 0 Å². The Bertz CT molecular complexity index is 474. The lowest BCUT2D eigenvalue weighted by Gasteiger charge is -2.24. The second-order valence-electron chi connectivity index (χ2n) is 5.13. The predicted molar refractivity (Wildman–Crippen MR) is 75.4 cm³/mol. The van der Waals surface area contributed by atoms with Crippen molar-refractivity contribution in [3.8, 4) is 0 Å². The summed E-state index contributed by atoms with van der Waals surface area (Å²) in [5, 5.41) is 3.46. The number of benzene rings is 1. The second-order valence-corrected chi connectivity index (χ2v) is 5.13. The molecule has 0 saturated heterocycles. The third kappa shape index (κ3) is 4.04. The number of hydrogen-bond donors (Lipinski definition) is 1. The SMILES string of the molecule is CCCNC(Cc1ccc(F)c(F)c1)C1=COCCC1. The van der Waals surface area contributed by atoms with Gasteiger partial charge in [-0.05, 0) is 55.5 Å². The van der Waals surface area contributed by atoms with E-state index in [0.717, 1.165) is 38.0 Å². The highest BCUT2D eigenvalue weighted by atomic mass is 19.2. The van der Waals surface area contributed by atoms with Crippen molar-refractivity contribution in [2.24, 2.45) is 0 Å². The van der Waals surface area contributed by atoms with Gasteiger partial charge in [-0.2, -0.15) is 0 Å². The summed E-state index contributed by atoms with van der Waals surface area (Å²) in [4.78, 5) is 0. The van der Waals surface area contributed by atoms with Crippen molar-refractivity contribution in [2.75, 3.05) is 13.2 Å². The van der Waals surface area contributed by atoms with Gasteiger partial charge in [0.25, 0.3) is 0 Å². The molecule has 20 heavy (non-hydrogen) atoms. The molecule has 0 aliphatic carbocycles. The van der Waals surface area contributed by atoms with E-state index < -0.39 is 11.6 Å². The van der Waals surface area contributed by atoms with Crippen LogP contribution in [0.25, 0.3) is 0 Å². The Kier molecular flexibility index (Phi) is 5.53. The summed E-state index contributed by atoms with van der Waals surface area (Å²) in [6.07, 6.45) is 5.49. The molecule has 1 aromatic carbocycles. The number of hydrogen-bond acceptors (Lipinski definition) is 2. The fourth-order valence-corrected chi connectivity index (χ4v) is 2.40. The van der Waals surface area contributed by atoms with Gasteiger partial charge in [0.2, 0.25) is 0 Å². The molecule has 0 saturated carbocycles. The average Bonchev–Trinajstić information content (AvgIpc) is 2.48. The van der Waals surface area contributed by atoms with Gasteiger partial charge < -0.3 is 10.1 Å². The third-order valence-corrected chi connectivity index (χ3v) is 3.47. The largest absolute Gasteiger partial charge is 0.501 e. The minimum Gasteiger partial charge on any atom is -0.501 e. The summed E-state index contributed by atoms with van der Waals surface area (Å²) in [6, 6.07) is 4.23. The van der Waals surface area contributed by atoms with Crippen LogP contribution in [0.2, 0.25) is 0 Å². The van der Waals surface area contributed by atoms with Gasteiger partial charge in [0, 0.05) is 6.04 Å². The number of ether oxygens (including phenoxy) is 1. The first-order valence-corrected chi connectivity index (χ1v) is 7.18. The van der Waals surface area contributed by atoms with Crippen LogP contribution in [0.4, 0.5) is 8.78 Å². The van der Waals surface area contributed by atoms with Crippen LogP contribution in [0.15, 0.2) is 30.0 Å². The van der Waals surface area contributed by atoms with Crippen LogP contribution in [0, 0.1) is 11.6 Å². The first kappa shape index (κ1) is 15.0. The van der Waals surface area contributed by atoms with Gasteiger partial charge in [-0.25, -0.2) is 8.78 Å². The quantitative estimate of drug-likeness (QED) is 0.860. The molecule has 1 N–H and O–H groups in total. The maximum atomic E-state index is 13.3. The van der Waals surface area contributed by atoms with Gasteiger partial charge in [-0.1, -0.05) is 13.0 Å². The summed E-state index contributed by atoms with van der Waals surface area (Å²) in [6.45, 7) is 3.76. The minimum absolute atomic E-state index is 0.125. The molecular formula is C16H21F2NO. The van der Waals surface area contributed by atoms with E-state index in [0.29, 0.717) is 6.42 Å². The fourth-order valence-electron chi connectivity index (χ4n) is 2.40. The van der Waals surface area contributed by atoms with Crippen LogP contribution < -0.4 is 5.32 Å². The van der Waals surface area contributed by atoms with E-state index in [-0.39, 0.29) is 6.04 Å². The van der Waals surface area contributed by atoms with Crippen LogP contribution >= 0.6 is 0 Å². The van der Waals surface area contributed by atoms with Gasteiger partial charge in [0.1, 0.15) is 0 Å². The average molecular weight is 281 g/mol. The molecule has 2 nitrogen and oxygen atoms in total. The molecule has 0 spiro atoms. The van der Waals surface area contributed by atoms with Gasteiger partial charge in [0.15, 0.2) is 11.6 Å². The van der Waals surface area contributed by atoms with Crippen molar-refractivity contribution in [2.45, 2.75) is 38.6 Å². The highest BCUT2D eigenvalue weighted by Crippen LogP contribution is 2.20. The molecule has 0 fully saturated rings. The van der Waals surface area contributed by atoms with E-state index in [1.54, 1.807) is 6.07 Å². The minimum atomic E-state index is -0.799. The number of halogens is 2. The van der Waals surface area contributed by atoms with Crippen LogP contribution in [-0.2, 0) is 11.2 Å². The Hall–Kier alpha value is -1.42. The summed E-state index contributed by atoms with van der Waals surface area (Å²) >= 11 is 0. The Balaban J connectivity index is 2.09. The lowest BCUT2D eigenvalue weighted by atomic mass is 9.95. The van der Waals surface area contributed by atoms with E-state index in [9.17, 15) is 8.78 Å². The topological polar surface area (TPSA) is 21.3 Å². The maximum Gasteiger partial charge on any atom is 0.159 e. The molecule has 110 valence electrons. The van der Waals surface area contributed by atoms with Crippen LogP contribution in [0.1, 0.15) is 31.7 Å². The normalized spacial score (nSPS) is 16.4. The maximum absolute atomic E-state index is 13.3. The van der Waals surface area contributed by atoms with E-state index in [1.807, 2.05) is 6.26 Å². The molecule has 0 aromatic heterocycles. The summed E-state index contributed by atoms with van der Waals surface area (Å²) in [5.74, 6) is -1.59. The number of nitrogens with one attached hydrogen (secondary N) is 1. The lowest BCUT2D eigenvalue weighted by Crippen LogP contribution is -2.34. The van der Waals surface area contributed by atoms with Gasteiger partial charge in [-0.15, -0.1) is 0 Å².